The summed E-state index contributed by atoms with van der Waals surface area (Å²) in [6.45, 7) is -0.241. The van der Waals surface area contributed by atoms with E-state index in [9.17, 15) is 9.59 Å². The zero-order chi connectivity index (χ0) is 13.2. The van der Waals surface area contributed by atoms with Gasteiger partial charge in [0.1, 0.15) is 0 Å². The molecular weight excluding hydrogens is 236 g/mol. The number of nitrogens with zero attached hydrogens (tertiary/aromatic N) is 1. The van der Waals surface area contributed by atoms with Crippen LogP contribution in [-0.2, 0) is 14.3 Å². The van der Waals surface area contributed by atoms with Gasteiger partial charge in [-0.1, -0.05) is 0 Å². The Labute approximate surface area is 103 Å². The highest BCUT2D eigenvalue weighted by molar-refractivity contribution is 6.09. The summed E-state index contributed by atoms with van der Waals surface area (Å²) in [5, 5.41) is 20.2. The maximum atomic E-state index is 11.9. The van der Waals surface area contributed by atoms with Crippen LogP contribution in [0.3, 0.4) is 0 Å². The van der Waals surface area contributed by atoms with Gasteiger partial charge in [-0.3, -0.25) is 9.59 Å². The van der Waals surface area contributed by atoms with Crippen molar-refractivity contribution in [2.45, 2.75) is 0 Å². The number of carboxylic acid groups (broad SMARTS) is 1. The van der Waals surface area contributed by atoms with Crippen LogP contribution in [0.2, 0.25) is 0 Å². The van der Waals surface area contributed by atoms with Gasteiger partial charge < -0.3 is 15.2 Å². The largest absolute Gasteiger partial charge is 0.480 e. The monoisotopic (exact) mass is 246 g/mol. The molecule has 0 saturated carbocycles. The normalized spacial score (nSPS) is 16.2. The van der Waals surface area contributed by atoms with Crippen molar-refractivity contribution in [1.29, 1.82) is 5.26 Å². The third-order valence-electron chi connectivity index (χ3n) is 2.81. The molecule has 2 rings (SSSR count). The molecule has 1 aliphatic rings. The first kappa shape index (κ1) is 12.1. The third-order valence-corrected chi connectivity index (χ3v) is 2.81. The van der Waals surface area contributed by atoms with E-state index in [1.165, 1.54) is 0 Å². The zero-order valence-electron chi connectivity index (χ0n) is 9.34. The second-order valence-electron chi connectivity index (χ2n) is 4.02. The molecule has 1 saturated heterocycles. The molecule has 18 heavy (non-hydrogen) atoms. The number of anilines is 1. The van der Waals surface area contributed by atoms with Crippen molar-refractivity contribution in [3.05, 3.63) is 29.8 Å². The molecule has 92 valence electrons. The minimum Gasteiger partial charge on any atom is -0.480 e. The Balaban J connectivity index is 2.11. The number of nitrogens with one attached hydrogen (secondary N) is 1. The molecule has 6 heteroatoms. The van der Waals surface area contributed by atoms with Crippen LogP contribution in [-0.4, -0.2) is 30.2 Å². The van der Waals surface area contributed by atoms with Gasteiger partial charge >= 0.3 is 5.97 Å². The summed E-state index contributed by atoms with van der Waals surface area (Å²) in [5.41, 5.74) is -0.576. The molecule has 0 radical (unpaired) electrons. The fourth-order valence-corrected chi connectivity index (χ4v) is 1.54. The number of nitriles is 1. The summed E-state index contributed by atoms with van der Waals surface area (Å²) >= 11 is 0. The number of ether oxygens (including phenoxy) is 1. The number of hydrogen-bond acceptors (Lipinski definition) is 4. The summed E-state index contributed by atoms with van der Waals surface area (Å²) in [4.78, 5) is 22.9. The minimum atomic E-state index is -1.49. The van der Waals surface area contributed by atoms with Crippen molar-refractivity contribution in [3.8, 4) is 6.07 Å². The summed E-state index contributed by atoms with van der Waals surface area (Å²) < 4.78 is 4.81. The highest BCUT2D eigenvalue weighted by atomic mass is 16.5. The molecule has 2 N–H and O–H groups in total. The molecule has 1 amide bonds. The molecule has 0 spiro atoms. The maximum absolute atomic E-state index is 11.9. The number of carbonyl (C=O) groups is 2. The fourth-order valence-electron chi connectivity index (χ4n) is 1.54. The van der Waals surface area contributed by atoms with E-state index < -0.39 is 17.3 Å². The highest BCUT2D eigenvalue weighted by Gasteiger charge is 2.53. The van der Waals surface area contributed by atoms with Gasteiger partial charge in [0.2, 0.25) is 5.91 Å². The Hall–Kier alpha value is -2.39. The van der Waals surface area contributed by atoms with Crippen LogP contribution < -0.4 is 5.32 Å². The van der Waals surface area contributed by atoms with E-state index in [0.717, 1.165) is 0 Å². The van der Waals surface area contributed by atoms with E-state index >= 15 is 0 Å². The Kier molecular flexibility index (Phi) is 3.00. The van der Waals surface area contributed by atoms with Gasteiger partial charge in [-0.15, -0.1) is 0 Å². The van der Waals surface area contributed by atoms with E-state index in [4.69, 9.17) is 15.1 Å². The Morgan fingerprint density at radius 1 is 1.33 bits per heavy atom. The average molecular weight is 246 g/mol. The summed E-state index contributed by atoms with van der Waals surface area (Å²) in [6, 6.07) is 8.13. The van der Waals surface area contributed by atoms with Crippen LogP contribution in [0.5, 0.6) is 0 Å². The number of benzene rings is 1. The molecule has 0 aromatic heterocycles. The number of rotatable bonds is 3. The predicted octanol–water partition coefficient (Wildman–Crippen LogP) is 0.598. The first-order chi connectivity index (χ1) is 8.58. The molecule has 1 aliphatic heterocycles. The van der Waals surface area contributed by atoms with Gasteiger partial charge in [-0.05, 0) is 24.3 Å². The van der Waals surface area contributed by atoms with Gasteiger partial charge in [0, 0.05) is 5.69 Å². The first-order valence-corrected chi connectivity index (χ1v) is 5.21. The van der Waals surface area contributed by atoms with Crippen molar-refractivity contribution < 1.29 is 19.4 Å². The SMILES string of the molecule is N#Cc1ccc(NC(=O)C2(C(=O)O)COC2)cc1. The Morgan fingerprint density at radius 3 is 2.33 bits per heavy atom. The lowest BCUT2D eigenvalue weighted by Crippen LogP contribution is -2.57. The van der Waals surface area contributed by atoms with Gasteiger partial charge in [-0.25, -0.2) is 0 Å². The molecule has 1 aromatic carbocycles. The highest BCUT2D eigenvalue weighted by Crippen LogP contribution is 2.29. The molecule has 1 heterocycles. The van der Waals surface area contributed by atoms with E-state index in [1.54, 1.807) is 24.3 Å². The van der Waals surface area contributed by atoms with Crippen LogP contribution in [0.1, 0.15) is 5.56 Å². The quantitative estimate of drug-likeness (QED) is 0.761. The van der Waals surface area contributed by atoms with Gasteiger partial charge in [0.15, 0.2) is 5.41 Å². The van der Waals surface area contributed by atoms with E-state index in [1.807, 2.05) is 6.07 Å². The maximum Gasteiger partial charge on any atom is 0.324 e. The third kappa shape index (κ3) is 1.92. The number of aliphatic carboxylic acids is 1. The lowest BCUT2D eigenvalue weighted by Gasteiger charge is -2.35. The van der Waals surface area contributed by atoms with Crippen molar-refractivity contribution in [3.63, 3.8) is 0 Å². The van der Waals surface area contributed by atoms with Crippen LogP contribution in [0.4, 0.5) is 5.69 Å². The molecule has 0 bridgehead atoms. The lowest BCUT2D eigenvalue weighted by molar-refractivity contribution is -0.182. The van der Waals surface area contributed by atoms with Crippen molar-refractivity contribution in [2.75, 3.05) is 18.5 Å². The molecule has 6 nitrogen and oxygen atoms in total. The average Bonchev–Trinajstić information content (AvgIpc) is 2.28. The molecule has 0 aliphatic carbocycles. The summed E-state index contributed by atoms with van der Waals surface area (Å²) in [6.07, 6.45) is 0. The van der Waals surface area contributed by atoms with Crippen molar-refractivity contribution >= 4 is 17.6 Å². The first-order valence-electron chi connectivity index (χ1n) is 5.21. The van der Waals surface area contributed by atoms with Crippen LogP contribution in [0.25, 0.3) is 0 Å². The van der Waals surface area contributed by atoms with Crippen LogP contribution >= 0.6 is 0 Å². The van der Waals surface area contributed by atoms with E-state index in [-0.39, 0.29) is 13.2 Å². The standard InChI is InChI=1S/C12H10N2O4/c13-5-8-1-3-9(4-2-8)14-10(15)12(11(16)17)6-18-7-12/h1-4H,6-7H2,(H,14,15)(H,16,17). The second-order valence-corrected chi connectivity index (χ2v) is 4.02. The number of carbonyl (C=O) groups excluding carboxylic acids is 1. The van der Waals surface area contributed by atoms with E-state index in [2.05, 4.69) is 5.32 Å². The van der Waals surface area contributed by atoms with Crippen molar-refractivity contribution in [1.82, 2.24) is 0 Å². The number of hydrogen-bond donors (Lipinski definition) is 2. The predicted molar refractivity (Wildman–Crippen MR) is 60.7 cm³/mol. The van der Waals surface area contributed by atoms with Crippen LogP contribution in [0.15, 0.2) is 24.3 Å². The molecular formula is C12H10N2O4. The topological polar surface area (TPSA) is 99.4 Å². The minimum absolute atomic E-state index is 0.121. The number of carboxylic acids is 1. The fraction of sp³-hybridized carbons (Fsp3) is 0.250. The lowest BCUT2D eigenvalue weighted by atomic mass is 9.85. The van der Waals surface area contributed by atoms with Gasteiger partial charge in [-0.2, -0.15) is 5.26 Å². The second kappa shape index (κ2) is 4.47. The summed E-state index contributed by atoms with van der Waals surface area (Å²) in [7, 11) is 0. The van der Waals surface area contributed by atoms with Crippen molar-refractivity contribution in [2.24, 2.45) is 5.41 Å². The van der Waals surface area contributed by atoms with E-state index in [0.29, 0.717) is 11.3 Å². The van der Waals surface area contributed by atoms with Gasteiger partial charge in [0.05, 0.1) is 24.8 Å². The van der Waals surface area contributed by atoms with Crippen LogP contribution in [0, 0.1) is 16.7 Å². The molecule has 0 unspecified atom stereocenters. The smallest absolute Gasteiger partial charge is 0.324 e. The van der Waals surface area contributed by atoms with Gasteiger partial charge in [0.25, 0.3) is 0 Å². The molecule has 0 atom stereocenters. The Bertz CT molecular complexity index is 526. The summed E-state index contributed by atoms with van der Waals surface area (Å²) in [5.74, 6) is -1.80. The molecule has 1 fully saturated rings. The Morgan fingerprint density at radius 2 is 1.94 bits per heavy atom. The number of amides is 1. The molecule has 1 aromatic rings. The zero-order valence-corrected chi connectivity index (χ0v) is 9.34.